The third kappa shape index (κ3) is 23.1. The van der Waals surface area contributed by atoms with E-state index in [9.17, 15) is 74.1 Å². The van der Waals surface area contributed by atoms with Crippen molar-refractivity contribution in [2.24, 2.45) is 0 Å². The van der Waals surface area contributed by atoms with Crippen LogP contribution in [0.2, 0.25) is 0 Å². The van der Waals surface area contributed by atoms with Crippen molar-refractivity contribution in [1.82, 2.24) is 26.6 Å². The van der Waals surface area contributed by atoms with E-state index in [-0.39, 0.29) is 50.6 Å². The lowest BCUT2D eigenvalue weighted by Crippen LogP contribution is -2.68. The van der Waals surface area contributed by atoms with Gasteiger partial charge in [0.1, 0.15) is 24.4 Å². The van der Waals surface area contributed by atoms with Crippen LogP contribution in [0.25, 0.3) is 33.4 Å². The summed E-state index contributed by atoms with van der Waals surface area (Å²) in [5.74, 6) is -6.23. The van der Waals surface area contributed by atoms with Crippen molar-refractivity contribution >= 4 is 71.1 Å². The number of aliphatic hydroxyl groups excluding tert-OH is 6. The van der Waals surface area contributed by atoms with Crippen LogP contribution in [0.15, 0.2) is 158 Å². The molecule has 2 heterocycles. The Morgan fingerprint density at radius 3 is 1.41 bits per heavy atom. The number of thioether (sulfide) groups is 2. The Labute approximate surface area is 594 Å². The Hall–Kier alpha value is -8.22. The van der Waals surface area contributed by atoms with Gasteiger partial charge in [-0.15, -0.1) is 0 Å². The topological polar surface area (TPSA) is 375 Å². The summed E-state index contributed by atoms with van der Waals surface area (Å²) in [6.07, 6.45) is -12.3. The Balaban J connectivity index is 0.692. The maximum absolute atomic E-state index is 13.2. The van der Waals surface area contributed by atoms with E-state index in [0.29, 0.717) is 71.8 Å². The van der Waals surface area contributed by atoms with E-state index in [2.05, 4.69) is 26.6 Å². The zero-order valence-electron chi connectivity index (χ0n) is 56.2. The second kappa shape index (κ2) is 38.7. The maximum atomic E-state index is 13.2. The van der Waals surface area contributed by atoms with Crippen LogP contribution in [0.5, 0.6) is 0 Å². The van der Waals surface area contributed by atoms with Crippen molar-refractivity contribution in [2.45, 2.75) is 138 Å². The Bertz CT molecular complexity index is 3680. The minimum Gasteiger partial charge on any atom is -0.477 e. The van der Waals surface area contributed by atoms with E-state index in [1.54, 1.807) is 36.4 Å². The monoisotopic (exact) mass is 1430 g/mol. The van der Waals surface area contributed by atoms with Crippen molar-refractivity contribution < 1.29 is 93.0 Å². The minimum atomic E-state index is -2.45. The zero-order valence-corrected chi connectivity index (χ0v) is 57.9. The first-order valence-electron chi connectivity index (χ1n) is 33.5. The maximum Gasteiger partial charge on any atom is 0.364 e. The van der Waals surface area contributed by atoms with Crippen molar-refractivity contribution in [2.75, 3.05) is 55.9 Å². The Kier molecular flexibility index (Phi) is 30.1. The van der Waals surface area contributed by atoms with Gasteiger partial charge in [0.05, 0.1) is 62.6 Å². The first-order valence-corrected chi connectivity index (χ1v) is 35.8. The number of Topliss-reactive ketones (excluding diaryl/α,β-unsaturated/α-hetero) is 1. The van der Waals surface area contributed by atoms with Crippen LogP contribution >= 0.6 is 23.5 Å². The van der Waals surface area contributed by atoms with E-state index in [1.807, 2.05) is 121 Å². The number of benzene rings is 6. The molecule has 0 aliphatic carbocycles. The second-order valence-electron chi connectivity index (χ2n) is 24.9. The summed E-state index contributed by atoms with van der Waals surface area (Å²) in [6.45, 7) is 1.72. The summed E-state index contributed by atoms with van der Waals surface area (Å²) < 4.78 is 23.5. The zero-order chi connectivity index (χ0) is 72.5. The van der Waals surface area contributed by atoms with E-state index in [4.69, 9.17) is 18.9 Å². The Morgan fingerprint density at radius 2 is 0.941 bits per heavy atom. The number of aliphatic hydroxyl groups is 6. The molecular formula is C75H89N5O19S2. The van der Waals surface area contributed by atoms with Crippen LogP contribution in [0.4, 0.5) is 0 Å². The average molecular weight is 1430 g/mol. The van der Waals surface area contributed by atoms with Crippen LogP contribution in [-0.2, 0) is 60.6 Å². The highest BCUT2D eigenvalue weighted by molar-refractivity contribution is 7.99. The van der Waals surface area contributed by atoms with Crippen LogP contribution < -0.4 is 26.6 Å². The lowest BCUT2D eigenvalue weighted by molar-refractivity contribution is -0.310. The third-order valence-electron chi connectivity index (χ3n) is 17.2. The quantitative estimate of drug-likeness (QED) is 0.0141. The van der Waals surface area contributed by atoms with Crippen molar-refractivity contribution in [3.05, 3.63) is 180 Å². The summed E-state index contributed by atoms with van der Waals surface area (Å²) in [7, 11) is 0. The number of carboxylic acid groups (broad SMARTS) is 1. The molecular weight excluding hydrogens is 1340 g/mol. The summed E-state index contributed by atoms with van der Waals surface area (Å²) in [4.78, 5) is 102. The van der Waals surface area contributed by atoms with Gasteiger partial charge in [0.25, 0.3) is 11.7 Å². The molecule has 2 saturated heterocycles. The van der Waals surface area contributed by atoms with Gasteiger partial charge in [0, 0.05) is 69.6 Å². The first-order chi connectivity index (χ1) is 48.6. The number of carbonyl (C=O) groups is 8. The summed E-state index contributed by atoms with van der Waals surface area (Å²) in [6, 6.07) is 45.9. The van der Waals surface area contributed by atoms with E-state index >= 15 is 0 Å². The van der Waals surface area contributed by atoms with Crippen molar-refractivity contribution in [3.8, 4) is 33.4 Å². The third-order valence-corrected chi connectivity index (χ3v) is 19.4. The molecule has 24 nitrogen and oxygen atoms in total. The highest BCUT2D eigenvalue weighted by Gasteiger charge is 2.56. The molecule has 12 atom stereocenters. The van der Waals surface area contributed by atoms with Gasteiger partial charge >= 0.3 is 5.97 Å². The summed E-state index contributed by atoms with van der Waals surface area (Å²) in [5.41, 5.74) is 8.06. The van der Waals surface area contributed by atoms with E-state index in [0.717, 1.165) is 38.9 Å². The van der Waals surface area contributed by atoms with Crippen LogP contribution in [0, 0.1) is 0 Å². The number of aliphatic carboxylic acids is 1. The number of amides is 5. The number of rotatable bonds is 38. The molecule has 540 valence electrons. The number of hydrogen-bond donors (Lipinski definition) is 12. The molecule has 2 fully saturated rings. The van der Waals surface area contributed by atoms with E-state index < -0.39 is 122 Å². The lowest BCUT2D eigenvalue weighted by atomic mass is 9.88. The minimum absolute atomic E-state index is 0.000619. The molecule has 6 aromatic carbocycles. The molecule has 8 rings (SSSR count). The number of nitrogens with one attached hydrogen (secondary N) is 5. The molecule has 101 heavy (non-hydrogen) atoms. The predicted molar refractivity (Wildman–Crippen MR) is 380 cm³/mol. The van der Waals surface area contributed by atoms with Gasteiger partial charge in [-0.2, -0.15) is 23.5 Å². The van der Waals surface area contributed by atoms with Crippen LogP contribution in [0.1, 0.15) is 84.2 Å². The molecule has 0 radical (unpaired) electrons. The number of aldehydes is 1. The summed E-state index contributed by atoms with van der Waals surface area (Å²) >= 11 is 3.05. The molecule has 12 N–H and O–H groups in total. The van der Waals surface area contributed by atoms with Gasteiger partial charge in [-0.1, -0.05) is 146 Å². The van der Waals surface area contributed by atoms with Crippen LogP contribution in [0.3, 0.4) is 0 Å². The molecule has 26 heteroatoms. The SMILES string of the molecule is CC(=O)N[C@H]1[C@H]([C@H](O)[C@H](O)CNC(=O)Cc2ccc(-c3ccccc3)cc2)O[C@](C=O)(OCCCSCCNC(=O)c2ccc(-c3ccc(C(=O)CCCSCCCO[C@]4(C(=O)O)C[C@H](O)[C@@H](NC(C)=O)[C@H]([C@H](O)[C@H](O)CNC(=O)Cc5ccc(-c6ccccc6)cc5)O4)cc3)cc2)C[C@@H]1O. The molecule has 0 saturated carbocycles. The first kappa shape index (κ1) is 78.5. The molecule has 0 bridgehead atoms. The van der Waals surface area contributed by atoms with Gasteiger partial charge in [0.15, 0.2) is 12.1 Å². The molecule has 2 aliphatic rings. The number of ketones is 1. The number of carbonyl (C=O) groups excluding carboxylic acids is 7. The molecule has 5 amide bonds. The molecule has 6 aromatic rings. The van der Waals surface area contributed by atoms with Gasteiger partial charge in [-0.3, -0.25) is 33.6 Å². The second-order valence-corrected chi connectivity index (χ2v) is 27.4. The standard InChI is InChI=1S/C75H89N5O19S2/c1-47(82)79-66-60(85)42-74(46-81,98-70(66)68(91)62(87)44-77-64(89)40-49-17-21-53(22-18-49)51-12-5-3-6-13-51)96-34-10-38-101-39-33-76-72(93)58-31-27-56(28-32-58)55-25-29-57(30-26-55)59(84)16-9-36-100-37-11-35-97-75(73(94)95)43-61(86)67(80-48(2)83)71(99-75)69(92)63(88)45-78-65(90)41-50-19-23-54(24-20-50)52-14-7-4-8-15-52/h3-8,12-15,17-32,46,60-63,66-71,85-88,91-92H,9-11,16,33-45H2,1-2H3,(H,76,93)(H,77,89)(H,78,90)(H,79,82)(H,80,83)(H,94,95)/t60-,61-,62+,63+,66+,67+,68+,69+,70+,71+,74+,75+/m0/s1. The highest BCUT2D eigenvalue weighted by atomic mass is 32.2. The molecule has 0 aromatic heterocycles. The van der Waals surface area contributed by atoms with Crippen molar-refractivity contribution in [1.29, 1.82) is 0 Å². The number of ether oxygens (including phenoxy) is 4. The fraction of sp³-hybridized carbons (Fsp3) is 0.413. The lowest BCUT2D eigenvalue weighted by Gasteiger charge is -2.46. The normalized spacial score (nSPS) is 21.5. The largest absolute Gasteiger partial charge is 0.477 e. The predicted octanol–water partition coefficient (Wildman–Crippen LogP) is 4.81. The smallest absolute Gasteiger partial charge is 0.364 e. The van der Waals surface area contributed by atoms with E-state index in [1.165, 1.54) is 37.4 Å². The fourth-order valence-corrected chi connectivity index (χ4v) is 13.5. The molecule has 2 aliphatic heterocycles. The molecule has 0 unspecified atom stereocenters. The fourth-order valence-electron chi connectivity index (χ4n) is 11.8. The average Bonchev–Trinajstić information content (AvgIpc) is 0.775. The number of hydrogen-bond acceptors (Lipinski definition) is 20. The summed E-state index contributed by atoms with van der Waals surface area (Å²) in [5, 5.41) is 90.5. The van der Waals surface area contributed by atoms with Gasteiger partial charge < -0.3 is 81.3 Å². The highest BCUT2D eigenvalue weighted by Crippen LogP contribution is 2.35. The van der Waals surface area contributed by atoms with Gasteiger partial charge in [-0.05, 0) is 93.2 Å². The number of carboxylic acids is 1. The molecule has 0 spiro atoms. The Morgan fingerprint density at radius 1 is 0.525 bits per heavy atom. The van der Waals surface area contributed by atoms with Crippen molar-refractivity contribution in [3.63, 3.8) is 0 Å². The van der Waals surface area contributed by atoms with Gasteiger partial charge in [-0.25, -0.2) is 4.79 Å². The van der Waals surface area contributed by atoms with Crippen LogP contribution in [-0.4, -0.2) is 212 Å². The van der Waals surface area contributed by atoms with Gasteiger partial charge in [0.2, 0.25) is 29.4 Å².